The number of halogens is 2. The molecule has 1 fully saturated rings. The van der Waals surface area contributed by atoms with E-state index in [0.29, 0.717) is 11.8 Å². The van der Waals surface area contributed by atoms with Gasteiger partial charge in [-0.1, -0.05) is 60.6 Å². The molecule has 4 unspecified atom stereocenters. The van der Waals surface area contributed by atoms with Gasteiger partial charge in [-0.25, -0.2) is 0 Å². The fraction of sp³-hybridized carbons (Fsp3) is 0.550. The van der Waals surface area contributed by atoms with Crippen LogP contribution in [0.25, 0.3) is 0 Å². The van der Waals surface area contributed by atoms with Gasteiger partial charge in [0.1, 0.15) is 5.75 Å². The van der Waals surface area contributed by atoms with E-state index in [1.807, 2.05) is 6.92 Å². The molecule has 4 atom stereocenters. The highest BCUT2D eigenvalue weighted by Gasteiger charge is 2.51. The first-order valence-corrected chi connectivity index (χ1v) is 20.3. The summed E-state index contributed by atoms with van der Waals surface area (Å²) in [6.07, 6.45) is 3.21. The number of alkyl halides is 2. The third-order valence-corrected chi connectivity index (χ3v) is 12.5. The van der Waals surface area contributed by atoms with Gasteiger partial charge in [-0.3, -0.25) is 4.55 Å². The molecule has 1 aliphatic heterocycles. The predicted molar refractivity (Wildman–Crippen MR) is 197 cm³/mol. The molecule has 0 spiro atoms. The topological polar surface area (TPSA) is 82.1 Å². The van der Waals surface area contributed by atoms with Crippen molar-refractivity contribution in [2.75, 3.05) is 0 Å². The molecule has 50 heavy (non-hydrogen) atoms. The molecule has 3 aromatic carbocycles. The lowest BCUT2D eigenvalue weighted by atomic mass is 9.87. The van der Waals surface area contributed by atoms with Gasteiger partial charge in [0, 0.05) is 12.0 Å². The highest BCUT2D eigenvalue weighted by Crippen LogP contribution is 2.41. The molecule has 10 heteroatoms. The largest absolute Gasteiger partial charge is 0.483 e. The first-order valence-electron chi connectivity index (χ1n) is 17.6. The molecular weight excluding hydrogens is 679 g/mol. The Kier molecular flexibility index (Phi) is 12.9. The lowest BCUT2D eigenvalue weighted by Crippen LogP contribution is -2.44. The van der Waals surface area contributed by atoms with Crippen LogP contribution in [0.2, 0.25) is 0 Å². The molecular formula is C40H55F2O6S2+. The number of benzene rings is 3. The van der Waals surface area contributed by atoms with Crippen molar-refractivity contribution in [1.82, 2.24) is 0 Å². The highest BCUT2D eigenvalue weighted by molar-refractivity contribution is 7.97. The number of ether oxygens (including phenoxy) is 3. The van der Waals surface area contributed by atoms with Crippen LogP contribution in [0.1, 0.15) is 106 Å². The Labute approximate surface area is 301 Å². The normalized spacial score (nSPS) is 21.7. The summed E-state index contributed by atoms with van der Waals surface area (Å²) in [6, 6.07) is 23.6. The Hall–Kier alpha value is -2.50. The summed E-state index contributed by atoms with van der Waals surface area (Å²) in [7, 11) is -6.22. The quantitative estimate of drug-likeness (QED) is 0.131. The van der Waals surface area contributed by atoms with E-state index < -0.39 is 38.2 Å². The predicted octanol–water partition coefficient (Wildman–Crippen LogP) is 10.5. The highest BCUT2D eigenvalue weighted by atomic mass is 32.2. The molecule has 0 bridgehead atoms. The average molecular weight is 734 g/mol. The molecule has 0 radical (unpaired) electrons. The van der Waals surface area contributed by atoms with Gasteiger partial charge in [-0.05, 0) is 123 Å². The van der Waals surface area contributed by atoms with E-state index in [1.54, 1.807) is 24.3 Å². The summed E-state index contributed by atoms with van der Waals surface area (Å²) in [5.41, 5.74) is 2.14. The molecule has 1 saturated heterocycles. The van der Waals surface area contributed by atoms with E-state index in [4.69, 9.17) is 18.8 Å². The van der Waals surface area contributed by atoms with Gasteiger partial charge in [-0.2, -0.15) is 17.2 Å². The second kappa shape index (κ2) is 16.0. The molecule has 4 rings (SSSR count). The van der Waals surface area contributed by atoms with Crippen molar-refractivity contribution < 1.29 is 36.0 Å². The molecule has 0 amide bonds. The van der Waals surface area contributed by atoms with E-state index in [1.165, 1.54) is 5.56 Å². The summed E-state index contributed by atoms with van der Waals surface area (Å²) in [6.45, 7) is 18.4. The van der Waals surface area contributed by atoms with Crippen molar-refractivity contribution in [3.8, 4) is 5.75 Å². The monoisotopic (exact) mass is 733 g/mol. The van der Waals surface area contributed by atoms with Gasteiger partial charge in [0.15, 0.2) is 26.6 Å². The van der Waals surface area contributed by atoms with Crippen LogP contribution in [0.15, 0.2) is 87.5 Å². The first-order chi connectivity index (χ1) is 23.2. The lowest BCUT2D eigenvalue weighted by molar-refractivity contribution is -0.320. The van der Waals surface area contributed by atoms with Crippen molar-refractivity contribution >= 4 is 21.0 Å². The second-order valence-electron chi connectivity index (χ2n) is 15.5. The van der Waals surface area contributed by atoms with Crippen LogP contribution in [-0.2, 0) is 41.7 Å². The Morgan fingerprint density at radius 3 is 1.62 bits per heavy atom. The molecule has 276 valence electrons. The molecule has 6 nitrogen and oxygen atoms in total. The van der Waals surface area contributed by atoms with Crippen LogP contribution in [-0.4, -0.2) is 36.5 Å². The average Bonchev–Trinajstić information content (AvgIpc) is 3.03. The van der Waals surface area contributed by atoms with Gasteiger partial charge in [0.2, 0.25) is 0 Å². The van der Waals surface area contributed by atoms with Crippen molar-refractivity contribution in [1.29, 1.82) is 0 Å². The fourth-order valence-corrected chi connectivity index (χ4v) is 8.62. The van der Waals surface area contributed by atoms with Crippen molar-refractivity contribution in [2.45, 2.75) is 144 Å². The standard InChI is InChI=1S/C40H54F2O6S2/c1-27(2)10-16-33-26-34(17-11-28(3)4)48-39(9,47-33)31-14-22-36(23-15-31)49(35-20-12-30(13-21-35)38(6,7)8)37-24-18-32(19-25-37)46-29(5)40(41,42)50(43,44)45/h12-15,18-25,27-29,33-34H,10-11,16-17,26H2,1-9H3/p+1. The summed E-state index contributed by atoms with van der Waals surface area (Å²) < 4.78 is 78.5. The summed E-state index contributed by atoms with van der Waals surface area (Å²) in [5, 5.41) is -4.46. The Morgan fingerprint density at radius 1 is 0.800 bits per heavy atom. The zero-order valence-electron chi connectivity index (χ0n) is 30.9. The SMILES string of the molecule is CC(C)CCC1CC(CCC(C)C)OC(C)(c2ccc([S+](c3ccc(OC(C)C(F)(F)S(=O)(=O)O)cc3)c3ccc(C(C)(C)C)cc3)cc2)O1. The Morgan fingerprint density at radius 2 is 1.22 bits per heavy atom. The van der Waals surface area contributed by atoms with Crippen LogP contribution in [0.3, 0.4) is 0 Å². The van der Waals surface area contributed by atoms with Crippen molar-refractivity contribution in [2.24, 2.45) is 11.8 Å². The second-order valence-corrected chi connectivity index (χ2v) is 19.0. The molecule has 3 aromatic rings. The van der Waals surface area contributed by atoms with Crippen LogP contribution in [0.4, 0.5) is 8.78 Å². The number of hydrogen-bond acceptors (Lipinski definition) is 5. The Bertz CT molecular complexity index is 1610. The van der Waals surface area contributed by atoms with E-state index in [0.717, 1.165) is 59.3 Å². The maximum atomic E-state index is 14.2. The van der Waals surface area contributed by atoms with E-state index in [2.05, 4.69) is 97.0 Å². The summed E-state index contributed by atoms with van der Waals surface area (Å²) >= 11 is 0. The van der Waals surface area contributed by atoms with Gasteiger partial charge < -0.3 is 14.2 Å². The first kappa shape index (κ1) is 40.3. The Balaban J connectivity index is 1.67. The number of rotatable bonds is 14. The minimum Gasteiger partial charge on any atom is -0.483 e. The van der Waals surface area contributed by atoms with Gasteiger partial charge in [0.25, 0.3) is 0 Å². The molecule has 1 aliphatic rings. The van der Waals surface area contributed by atoms with E-state index in [9.17, 15) is 17.2 Å². The van der Waals surface area contributed by atoms with Crippen molar-refractivity contribution in [3.63, 3.8) is 0 Å². The third-order valence-electron chi connectivity index (χ3n) is 9.20. The van der Waals surface area contributed by atoms with E-state index >= 15 is 0 Å². The zero-order valence-corrected chi connectivity index (χ0v) is 32.5. The van der Waals surface area contributed by atoms with Gasteiger partial charge >= 0.3 is 15.4 Å². The molecule has 0 aromatic heterocycles. The van der Waals surface area contributed by atoms with Crippen LogP contribution >= 0.6 is 0 Å². The van der Waals surface area contributed by atoms with Gasteiger partial charge in [-0.15, -0.1) is 0 Å². The lowest BCUT2D eigenvalue weighted by Gasteiger charge is -2.43. The smallest absolute Gasteiger partial charge is 0.405 e. The zero-order chi connectivity index (χ0) is 37.1. The molecule has 0 aliphatic carbocycles. The van der Waals surface area contributed by atoms with Crippen LogP contribution in [0, 0.1) is 11.8 Å². The maximum absolute atomic E-state index is 14.2. The third kappa shape index (κ3) is 10.1. The van der Waals surface area contributed by atoms with E-state index in [-0.39, 0.29) is 23.4 Å². The summed E-state index contributed by atoms with van der Waals surface area (Å²) in [4.78, 5) is 3.04. The molecule has 1 heterocycles. The van der Waals surface area contributed by atoms with Crippen molar-refractivity contribution in [3.05, 3.63) is 83.9 Å². The van der Waals surface area contributed by atoms with Crippen LogP contribution < -0.4 is 4.74 Å². The summed E-state index contributed by atoms with van der Waals surface area (Å²) in [5.74, 6) is 0.369. The van der Waals surface area contributed by atoms with Crippen LogP contribution in [0.5, 0.6) is 5.75 Å². The minimum atomic E-state index is -5.64. The maximum Gasteiger partial charge on any atom is 0.405 e. The van der Waals surface area contributed by atoms with Gasteiger partial charge in [0.05, 0.1) is 23.1 Å². The number of hydrogen-bond donors (Lipinski definition) is 1. The molecule has 1 N–H and O–H groups in total. The minimum absolute atomic E-state index is 0.0198. The fourth-order valence-electron chi connectivity index (χ4n) is 6.11. The molecule has 0 saturated carbocycles.